The van der Waals surface area contributed by atoms with E-state index in [1.165, 1.54) is 18.3 Å². The monoisotopic (exact) mass is 463 g/mol. The van der Waals surface area contributed by atoms with Gasteiger partial charge < -0.3 is 5.32 Å². The minimum Gasteiger partial charge on any atom is -0.318 e. The largest absolute Gasteiger partial charge is 0.318 e. The van der Waals surface area contributed by atoms with Crippen LogP contribution in [0.25, 0.3) is 11.3 Å². The van der Waals surface area contributed by atoms with Crippen LogP contribution in [0.5, 0.6) is 0 Å². The number of carbonyl (C=O) groups excluding carboxylic acids is 1. The van der Waals surface area contributed by atoms with Gasteiger partial charge in [0.1, 0.15) is 11.5 Å². The summed E-state index contributed by atoms with van der Waals surface area (Å²) in [5, 5.41) is 15.0. The third-order valence-electron chi connectivity index (χ3n) is 4.27. The summed E-state index contributed by atoms with van der Waals surface area (Å²) in [4.78, 5) is 12.5. The molecule has 4 rings (SSSR count). The molecule has 0 aliphatic carbocycles. The molecule has 2 N–H and O–H groups in total. The van der Waals surface area contributed by atoms with Gasteiger partial charge in [-0.15, -0.1) is 0 Å². The van der Waals surface area contributed by atoms with Gasteiger partial charge in [0, 0.05) is 21.8 Å². The van der Waals surface area contributed by atoms with Gasteiger partial charge in [0.15, 0.2) is 0 Å². The molecule has 0 radical (unpaired) electrons. The number of carbonyl (C=O) groups is 1. The first-order chi connectivity index (χ1) is 14.4. The van der Waals surface area contributed by atoms with Crippen LogP contribution in [0, 0.1) is 5.82 Å². The van der Waals surface area contributed by atoms with Crippen LogP contribution >= 0.6 is 34.8 Å². The molecule has 0 saturated carbocycles. The lowest BCUT2D eigenvalue weighted by atomic mass is 10.1. The number of rotatable bonds is 5. The van der Waals surface area contributed by atoms with Crippen LogP contribution in [0.2, 0.25) is 15.1 Å². The molecule has 0 aliphatic heterocycles. The molecule has 0 unspecified atom stereocenters. The third-order valence-corrected chi connectivity index (χ3v) is 5.17. The molecule has 6 nitrogen and oxygen atoms in total. The Morgan fingerprint density at radius 1 is 1.10 bits per heavy atom. The first-order valence-corrected chi connectivity index (χ1v) is 9.81. The second-order valence-electron chi connectivity index (χ2n) is 6.41. The van der Waals surface area contributed by atoms with Gasteiger partial charge in [-0.3, -0.25) is 14.6 Å². The van der Waals surface area contributed by atoms with Crippen molar-refractivity contribution in [1.29, 1.82) is 0 Å². The van der Waals surface area contributed by atoms with E-state index in [4.69, 9.17) is 34.8 Å². The summed E-state index contributed by atoms with van der Waals surface area (Å²) in [5.41, 5.74) is 2.62. The summed E-state index contributed by atoms with van der Waals surface area (Å²) >= 11 is 18.1. The predicted molar refractivity (Wildman–Crippen MR) is 115 cm³/mol. The normalized spacial score (nSPS) is 10.9. The zero-order valence-corrected chi connectivity index (χ0v) is 17.4. The second kappa shape index (κ2) is 8.47. The van der Waals surface area contributed by atoms with E-state index >= 15 is 0 Å². The van der Waals surface area contributed by atoms with E-state index in [2.05, 4.69) is 20.6 Å². The van der Waals surface area contributed by atoms with E-state index in [-0.39, 0.29) is 5.69 Å². The van der Waals surface area contributed by atoms with Crippen molar-refractivity contribution >= 4 is 46.4 Å². The Hall–Kier alpha value is -2.87. The van der Waals surface area contributed by atoms with E-state index in [1.54, 1.807) is 41.2 Å². The highest BCUT2D eigenvalue weighted by Gasteiger charge is 2.14. The zero-order valence-electron chi connectivity index (χ0n) is 15.2. The molecule has 1 amide bonds. The quantitative estimate of drug-likeness (QED) is 0.399. The Labute approximate surface area is 185 Å². The minimum absolute atomic E-state index is 0.255. The van der Waals surface area contributed by atoms with Crippen LogP contribution < -0.4 is 5.32 Å². The number of nitrogens with zero attached hydrogens (tertiary/aromatic N) is 3. The number of aromatic nitrogens is 4. The molecule has 2 heterocycles. The van der Waals surface area contributed by atoms with Gasteiger partial charge >= 0.3 is 0 Å². The van der Waals surface area contributed by atoms with Crippen LogP contribution in [-0.2, 0) is 6.54 Å². The molecule has 0 bridgehead atoms. The van der Waals surface area contributed by atoms with Crippen molar-refractivity contribution in [3.63, 3.8) is 0 Å². The maximum absolute atomic E-state index is 13.2. The molecule has 0 saturated heterocycles. The summed E-state index contributed by atoms with van der Waals surface area (Å²) in [6, 6.07) is 10.8. The van der Waals surface area contributed by atoms with E-state index in [0.717, 1.165) is 0 Å². The van der Waals surface area contributed by atoms with Crippen molar-refractivity contribution in [3.05, 3.63) is 87.0 Å². The Morgan fingerprint density at radius 3 is 2.70 bits per heavy atom. The van der Waals surface area contributed by atoms with Crippen LogP contribution in [0.3, 0.4) is 0 Å². The lowest BCUT2D eigenvalue weighted by molar-refractivity contribution is 0.102. The Morgan fingerprint density at radius 2 is 1.93 bits per heavy atom. The highest BCUT2D eigenvalue weighted by atomic mass is 35.5. The topological polar surface area (TPSA) is 75.6 Å². The molecule has 2 aromatic heterocycles. The summed E-state index contributed by atoms with van der Waals surface area (Å²) < 4.78 is 14.8. The fourth-order valence-corrected chi connectivity index (χ4v) is 3.54. The number of amides is 1. The Kier molecular flexibility index (Phi) is 5.76. The number of H-pyrrole nitrogens is 1. The van der Waals surface area contributed by atoms with Crippen LogP contribution in [0.1, 0.15) is 16.1 Å². The van der Waals surface area contributed by atoms with Crippen LogP contribution in [0.15, 0.2) is 54.9 Å². The average molecular weight is 465 g/mol. The average Bonchev–Trinajstić information content (AvgIpc) is 3.34. The van der Waals surface area contributed by atoms with Gasteiger partial charge in [0.05, 0.1) is 29.1 Å². The van der Waals surface area contributed by atoms with E-state index in [1.807, 2.05) is 0 Å². The molecule has 2 aromatic carbocycles. The molecular weight excluding hydrogens is 452 g/mol. The third kappa shape index (κ3) is 4.48. The van der Waals surface area contributed by atoms with Crippen molar-refractivity contribution in [3.8, 4) is 11.3 Å². The van der Waals surface area contributed by atoms with E-state index in [0.29, 0.717) is 44.1 Å². The number of benzene rings is 2. The van der Waals surface area contributed by atoms with Crippen LogP contribution in [0.4, 0.5) is 10.1 Å². The molecule has 0 aliphatic rings. The summed E-state index contributed by atoms with van der Waals surface area (Å²) in [6.45, 7) is 0.332. The lowest BCUT2D eigenvalue weighted by Crippen LogP contribution is -2.11. The van der Waals surface area contributed by atoms with E-state index < -0.39 is 11.7 Å². The fraction of sp³-hybridized carbons (Fsp3) is 0.0500. The number of anilines is 1. The van der Waals surface area contributed by atoms with E-state index in [9.17, 15) is 9.18 Å². The van der Waals surface area contributed by atoms with Crippen molar-refractivity contribution in [1.82, 2.24) is 20.0 Å². The number of halogens is 4. The SMILES string of the molecule is O=C(Nc1cnn(Cc2ccc(F)cc2Cl)c1)c1cc(-c2ccc(Cl)cc2Cl)n[nH]1. The molecule has 10 heteroatoms. The molecule has 0 atom stereocenters. The number of hydrogen-bond acceptors (Lipinski definition) is 3. The van der Waals surface area contributed by atoms with Gasteiger partial charge in [-0.2, -0.15) is 10.2 Å². The van der Waals surface area contributed by atoms with Crippen molar-refractivity contribution in [2.24, 2.45) is 0 Å². The highest BCUT2D eigenvalue weighted by molar-refractivity contribution is 6.36. The van der Waals surface area contributed by atoms with Gasteiger partial charge in [-0.1, -0.05) is 40.9 Å². The second-order valence-corrected chi connectivity index (χ2v) is 7.66. The molecule has 0 fully saturated rings. The Bertz CT molecular complexity index is 1240. The first kappa shape index (κ1) is 20.4. The number of nitrogens with one attached hydrogen (secondary N) is 2. The standard InChI is InChI=1S/C20H13Cl3FN5O/c21-12-2-4-15(17(23)5-12)18-7-19(28-27-18)20(30)26-14-8-25-29(10-14)9-11-1-3-13(24)6-16(11)22/h1-8,10H,9H2,(H,26,30)(H,27,28). The molecule has 152 valence electrons. The van der Waals surface area contributed by atoms with Gasteiger partial charge in [-0.05, 0) is 42.0 Å². The summed E-state index contributed by atoms with van der Waals surface area (Å²) in [7, 11) is 0. The van der Waals surface area contributed by atoms with Crippen molar-refractivity contribution in [2.45, 2.75) is 6.54 Å². The number of aromatic amines is 1. The molecule has 0 spiro atoms. The van der Waals surface area contributed by atoms with Gasteiger partial charge in [0.25, 0.3) is 5.91 Å². The first-order valence-electron chi connectivity index (χ1n) is 8.67. The minimum atomic E-state index is -0.406. The van der Waals surface area contributed by atoms with Crippen molar-refractivity contribution < 1.29 is 9.18 Å². The fourth-order valence-electron chi connectivity index (χ4n) is 2.81. The zero-order chi connectivity index (χ0) is 21.3. The molecule has 30 heavy (non-hydrogen) atoms. The Balaban J connectivity index is 1.45. The van der Waals surface area contributed by atoms with Crippen LogP contribution in [-0.4, -0.2) is 25.9 Å². The smallest absolute Gasteiger partial charge is 0.273 e. The molecular formula is C20H13Cl3FN5O. The number of hydrogen-bond donors (Lipinski definition) is 2. The lowest BCUT2D eigenvalue weighted by Gasteiger charge is -2.04. The molecule has 4 aromatic rings. The van der Waals surface area contributed by atoms with Gasteiger partial charge in [-0.25, -0.2) is 4.39 Å². The maximum atomic E-state index is 13.2. The predicted octanol–water partition coefficient (Wildman–Crippen LogP) is 5.67. The maximum Gasteiger partial charge on any atom is 0.273 e. The van der Waals surface area contributed by atoms with Crippen molar-refractivity contribution in [2.75, 3.05) is 5.32 Å². The highest BCUT2D eigenvalue weighted by Crippen LogP contribution is 2.29. The van der Waals surface area contributed by atoms with Gasteiger partial charge in [0.2, 0.25) is 0 Å². The summed E-state index contributed by atoms with van der Waals surface area (Å²) in [5.74, 6) is -0.797. The summed E-state index contributed by atoms with van der Waals surface area (Å²) in [6.07, 6.45) is 3.15.